The van der Waals surface area contributed by atoms with Gasteiger partial charge in [0.25, 0.3) is 0 Å². The Kier molecular flexibility index (Phi) is 13.6. The van der Waals surface area contributed by atoms with Gasteiger partial charge in [0.1, 0.15) is 19.1 Å². The van der Waals surface area contributed by atoms with Gasteiger partial charge in [-0.3, -0.25) is 4.90 Å². The Bertz CT molecular complexity index is 189. The van der Waals surface area contributed by atoms with Crippen LogP contribution < -0.4 is 0 Å². The van der Waals surface area contributed by atoms with Crippen molar-refractivity contribution in [3.63, 3.8) is 0 Å². The lowest BCUT2D eigenvalue weighted by molar-refractivity contribution is 0.0654. The van der Waals surface area contributed by atoms with E-state index in [0.29, 0.717) is 19.8 Å². The highest BCUT2D eigenvalue weighted by Gasteiger charge is 2.04. The summed E-state index contributed by atoms with van der Waals surface area (Å²) < 4.78 is 15.3. The molecule has 0 aliphatic carbocycles. The second-order valence-electron chi connectivity index (χ2n) is 3.68. The summed E-state index contributed by atoms with van der Waals surface area (Å²) in [5.41, 5.74) is 0. The highest BCUT2D eigenvalue weighted by molar-refractivity contribution is 4.61. The second-order valence-corrected chi connectivity index (χ2v) is 3.68. The third kappa shape index (κ3) is 11.7. The van der Waals surface area contributed by atoms with E-state index in [0.717, 1.165) is 38.9 Å². The van der Waals surface area contributed by atoms with Crippen LogP contribution in [0.15, 0.2) is 12.5 Å². The van der Waals surface area contributed by atoms with Gasteiger partial charge in [0.05, 0.1) is 19.8 Å². The number of ether oxygens (including phenoxy) is 3. The van der Waals surface area contributed by atoms with E-state index in [4.69, 9.17) is 24.4 Å². The van der Waals surface area contributed by atoms with E-state index >= 15 is 0 Å². The predicted molar refractivity (Wildman–Crippen MR) is 68.6 cm³/mol. The van der Waals surface area contributed by atoms with Crippen LogP contribution in [-0.4, -0.2) is 74.9 Å². The van der Waals surface area contributed by atoms with Crippen molar-refractivity contribution in [3.8, 4) is 0 Å². The van der Waals surface area contributed by atoms with E-state index in [9.17, 15) is 0 Å². The molecule has 0 bridgehead atoms. The van der Waals surface area contributed by atoms with Crippen molar-refractivity contribution in [1.82, 2.24) is 4.90 Å². The van der Waals surface area contributed by atoms with Crippen molar-refractivity contribution in [2.75, 3.05) is 59.8 Å². The van der Waals surface area contributed by atoms with Gasteiger partial charge < -0.3 is 24.4 Å². The number of methoxy groups -OCH3 is 1. The van der Waals surface area contributed by atoms with Gasteiger partial charge in [0, 0.05) is 33.4 Å². The third-order valence-corrected chi connectivity index (χ3v) is 2.29. The molecule has 0 fully saturated rings. The quantitative estimate of drug-likeness (QED) is 0.370. The second kappa shape index (κ2) is 14.2. The summed E-state index contributed by atoms with van der Waals surface area (Å²) in [6, 6.07) is 0. The normalized spacial score (nSPS) is 11.5. The van der Waals surface area contributed by atoms with Crippen LogP contribution in [0.2, 0.25) is 0 Å². The molecule has 18 heavy (non-hydrogen) atoms. The van der Waals surface area contributed by atoms with Gasteiger partial charge in [-0.25, -0.2) is 0 Å². The van der Waals surface area contributed by atoms with Crippen molar-refractivity contribution >= 4 is 0 Å². The zero-order valence-electron chi connectivity index (χ0n) is 11.1. The third-order valence-electron chi connectivity index (χ3n) is 2.29. The van der Waals surface area contributed by atoms with Crippen LogP contribution >= 0.6 is 0 Å². The molecule has 0 radical (unpaired) electrons. The Morgan fingerprint density at radius 1 is 1.06 bits per heavy atom. The lowest BCUT2D eigenvalue weighted by atomic mass is 10.4. The molecule has 0 rings (SSSR count). The standard InChI is InChI=1S/C12H25NO5/c1-16-8-2-3-13(4-9-17-11-6-14)5-10-18-12-7-15/h6,11,14-15H,2-5,7-10,12H2,1H3/b11-6+. The average molecular weight is 263 g/mol. The van der Waals surface area contributed by atoms with Gasteiger partial charge in [-0.05, 0) is 6.42 Å². The van der Waals surface area contributed by atoms with Crippen molar-refractivity contribution in [1.29, 1.82) is 0 Å². The fourth-order valence-corrected chi connectivity index (χ4v) is 1.42. The number of aliphatic hydroxyl groups excluding tert-OH is 2. The minimum atomic E-state index is 0.0497. The SMILES string of the molecule is COCCCN(CCO/C=C/O)CCOCCO. The summed E-state index contributed by atoms with van der Waals surface area (Å²) in [5, 5.41) is 17.0. The molecular formula is C12H25NO5. The summed E-state index contributed by atoms with van der Waals surface area (Å²) in [6.07, 6.45) is 3.08. The molecule has 0 aromatic heterocycles. The molecule has 0 aromatic carbocycles. The van der Waals surface area contributed by atoms with Crippen molar-refractivity contribution < 1.29 is 24.4 Å². The molecule has 0 spiro atoms. The van der Waals surface area contributed by atoms with Crippen LogP contribution in [0.4, 0.5) is 0 Å². The molecule has 0 aliphatic heterocycles. The highest BCUT2D eigenvalue weighted by atomic mass is 16.5. The van der Waals surface area contributed by atoms with Gasteiger partial charge in [-0.1, -0.05) is 0 Å². The highest BCUT2D eigenvalue weighted by Crippen LogP contribution is 1.94. The molecule has 0 aromatic rings. The van der Waals surface area contributed by atoms with E-state index in [2.05, 4.69) is 4.90 Å². The molecule has 0 saturated heterocycles. The first-order valence-electron chi connectivity index (χ1n) is 6.16. The van der Waals surface area contributed by atoms with Crippen LogP contribution in [0.3, 0.4) is 0 Å². The first-order valence-corrected chi connectivity index (χ1v) is 6.16. The van der Waals surface area contributed by atoms with Crippen molar-refractivity contribution in [2.24, 2.45) is 0 Å². The minimum absolute atomic E-state index is 0.0497. The van der Waals surface area contributed by atoms with Gasteiger partial charge in [0.2, 0.25) is 0 Å². The maximum atomic E-state index is 8.60. The summed E-state index contributed by atoms with van der Waals surface area (Å²) in [5.74, 6) is 0. The van der Waals surface area contributed by atoms with Gasteiger partial charge in [-0.15, -0.1) is 0 Å². The maximum absolute atomic E-state index is 8.60. The Morgan fingerprint density at radius 2 is 1.83 bits per heavy atom. The maximum Gasteiger partial charge on any atom is 0.117 e. The lowest BCUT2D eigenvalue weighted by Gasteiger charge is -2.21. The first kappa shape index (κ1) is 17.2. The van der Waals surface area contributed by atoms with E-state index in [-0.39, 0.29) is 6.61 Å². The summed E-state index contributed by atoms with van der Waals surface area (Å²) in [7, 11) is 1.68. The Labute approximate surface area is 109 Å². The van der Waals surface area contributed by atoms with E-state index in [1.807, 2.05) is 0 Å². The zero-order chi connectivity index (χ0) is 13.5. The monoisotopic (exact) mass is 263 g/mol. The van der Waals surface area contributed by atoms with Gasteiger partial charge in [-0.2, -0.15) is 0 Å². The van der Waals surface area contributed by atoms with Crippen LogP contribution in [0, 0.1) is 0 Å². The van der Waals surface area contributed by atoms with Crippen molar-refractivity contribution in [2.45, 2.75) is 6.42 Å². The van der Waals surface area contributed by atoms with E-state index in [1.54, 1.807) is 7.11 Å². The molecule has 6 nitrogen and oxygen atoms in total. The van der Waals surface area contributed by atoms with E-state index < -0.39 is 0 Å². The Morgan fingerprint density at radius 3 is 2.50 bits per heavy atom. The molecule has 108 valence electrons. The molecule has 6 heteroatoms. The summed E-state index contributed by atoms with van der Waals surface area (Å²) in [4.78, 5) is 2.20. The topological polar surface area (TPSA) is 71.4 Å². The largest absolute Gasteiger partial charge is 0.512 e. The number of nitrogens with zero attached hydrogens (tertiary/aromatic N) is 1. The molecule has 0 heterocycles. The average Bonchev–Trinajstić information content (AvgIpc) is 2.39. The fourth-order valence-electron chi connectivity index (χ4n) is 1.42. The molecule has 2 N–H and O–H groups in total. The van der Waals surface area contributed by atoms with Crippen LogP contribution in [0.5, 0.6) is 0 Å². The van der Waals surface area contributed by atoms with Gasteiger partial charge >= 0.3 is 0 Å². The Balaban J connectivity index is 3.69. The molecule has 0 aliphatic rings. The number of hydrogen-bond acceptors (Lipinski definition) is 6. The number of aliphatic hydroxyl groups is 2. The first-order chi connectivity index (χ1) is 8.85. The zero-order valence-corrected chi connectivity index (χ0v) is 11.1. The molecule has 0 unspecified atom stereocenters. The Hall–Kier alpha value is -0.820. The van der Waals surface area contributed by atoms with Crippen molar-refractivity contribution in [3.05, 3.63) is 12.5 Å². The fraction of sp³-hybridized carbons (Fsp3) is 0.833. The van der Waals surface area contributed by atoms with E-state index in [1.165, 1.54) is 6.26 Å². The minimum Gasteiger partial charge on any atom is -0.512 e. The molecule has 0 saturated carbocycles. The molecule has 0 amide bonds. The van der Waals surface area contributed by atoms with Crippen LogP contribution in [-0.2, 0) is 14.2 Å². The number of rotatable bonds is 13. The summed E-state index contributed by atoms with van der Waals surface area (Å²) in [6.45, 7) is 4.71. The molecular weight excluding hydrogens is 238 g/mol. The van der Waals surface area contributed by atoms with Crippen LogP contribution in [0.1, 0.15) is 6.42 Å². The van der Waals surface area contributed by atoms with Gasteiger partial charge in [0.15, 0.2) is 0 Å². The smallest absolute Gasteiger partial charge is 0.117 e. The summed E-state index contributed by atoms with van der Waals surface area (Å²) >= 11 is 0. The number of hydrogen-bond donors (Lipinski definition) is 2. The lowest BCUT2D eigenvalue weighted by Crippen LogP contribution is -2.32. The molecule has 0 atom stereocenters. The predicted octanol–water partition coefficient (Wildman–Crippen LogP) is 0.380. The van der Waals surface area contributed by atoms with Crippen LogP contribution in [0.25, 0.3) is 0 Å².